The molecule has 1 unspecified atom stereocenters. The number of ketones is 1. The first-order valence-corrected chi connectivity index (χ1v) is 19.8. The molecule has 4 aliphatic rings. The number of carbonyl (C=O) groups is 2. The van der Waals surface area contributed by atoms with E-state index in [1.54, 1.807) is 14.2 Å². The lowest BCUT2D eigenvalue weighted by molar-refractivity contribution is -0.358. The van der Waals surface area contributed by atoms with E-state index in [-0.39, 0.29) is 28.9 Å². The lowest BCUT2D eigenvalue weighted by Crippen LogP contribution is -2.79. The van der Waals surface area contributed by atoms with Crippen molar-refractivity contribution in [2.45, 2.75) is 135 Å². The minimum absolute atomic E-state index is 0.0534. The zero-order valence-electron chi connectivity index (χ0n) is 29.8. The molecule has 258 valence electrons. The fourth-order valence-corrected chi connectivity index (χ4v) is 9.93. The van der Waals surface area contributed by atoms with Crippen LogP contribution in [-0.2, 0) is 44.2 Å². The van der Waals surface area contributed by atoms with E-state index < -0.39 is 54.8 Å². The average Bonchev–Trinajstić information content (AvgIpc) is 3.32. The van der Waals surface area contributed by atoms with Gasteiger partial charge in [0.2, 0.25) is 0 Å². The fraction of sp³-hybridized carbons (Fsp3) is 0.778. The Hall–Kier alpha value is -1.82. The van der Waals surface area contributed by atoms with E-state index in [0.29, 0.717) is 38.9 Å². The highest BCUT2D eigenvalue weighted by atomic mass is 28.4. The van der Waals surface area contributed by atoms with Crippen molar-refractivity contribution >= 4 is 20.3 Å². The van der Waals surface area contributed by atoms with E-state index in [9.17, 15) is 9.59 Å². The molecule has 5 rings (SSSR count). The van der Waals surface area contributed by atoms with Crippen molar-refractivity contribution in [1.82, 2.24) is 0 Å². The first kappa shape index (κ1) is 35.5. The highest BCUT2D eigenvalue weighted by Crippen LogP contribution is 2.64. The van der Waals surface area contributed by atoms with Crippen LogP contribution in [0.5, 0.6) is 0 Å². The van der Waals surface area contributed by atoms with Crippen LogP contribution in [0, 0.1) is 22.7 Å². The standard InChI is InChI=1S/C36H56O9Si/c1-23-17-18-36(33(5,6)29(23)37)30(43-31(38)44-36)28-34(7,20-27(39-8)40-9)25(45-46(10,11)32(2,3)4)19-26-35(28,22-41-26)42-21-24-15-13-12-14-16-24/h12-16,23,25-28,30H,17-22H2,1-11H3/t23?,25-,26+,28-,30-,34+,35-,36+/m0/s1. The van der Waals surface area contributed by atoms with E-state index in [1.165, 1.54) is 0 Å². The third-order valence-electron chi connectivity index (χ3n) is 12.5. The zero-order valence-corrected chi connectivity index (χ0v) is 30.8. The largest absolute Gasteiger partial charge is 0.509 e. The van der Waals surface area contributed by atoms with Gasteiger partial charge in [-0.15, -0.1) is 0 Å². The molecule has 2 aliphatic heterocycles. The van der Waals surface area contributed by atoms with E-state index >= 15 is 0 Å². The number of Topliss-reactive ketones (excluding diaryl/α,β-unsaturated/α-hetero) is 1. The second-order valence-corrected chi connectivity index (χ2v) is 21.2. The average molecular weight is 661 g/mol. The summed E-state index contributed by atoms with van der Waals surface area (Å²) in [6.07, 6.45) is -0.588. The summed E-state index contributed by atoms with van der Waals surface area (Å²) in [5.41, 5.74) is -2.73. The van der Waals surface area contributed by atoms with Gasteiger partial charge in [0.1, 0.15) is 11.4 Å². The molecule has 1 aromatic carbocycles. The van der Waals surface area contributed by atoms with Gasteiger partial charge in [0.25, 0.3) is 0 Å². The molecule has 8 atom stereocenters. The molecule has 2 heterocycles. The van der Waals surface area contributed by atoms with Crippen molar-refractivity contribution in [3.63, 3.8) is 0 Å². The number of fused-ring (bicyclic) bond motifs is 1. The van der Waals surface area contributed by atoms with Gasteiger partial charge in [-0.1, -0.05) is 65.0 Å². The smallest absolute Gasteiger partial charge is 0.426 e. The van der Waals surface area contributed by atoms with Gasteiger partial charge in [0, 0.05) is 44.3 Å². The molecule has 9 nitrogen and oxygen atoms in total. The molecule has 0 aromatic heterocycles. The Balaban J connectivity index is 1.71. The number of hydrogen-bond donors (Lipinski definition) is 0. The van der Waals surface area contributed by atoms with Crippen LogP contribution in [-0.4, -0.2) is 76.9 Å². The summed E-state index contributed by atoms with van der Waals surface area (Å²) < 4.78 is 45.2. The first-order chi connectivity index (χ1) is 21.4. The van der Waals surface area contributed by atoms with Crippen molar-refractivity contribution in [3.05, 3.63) is 35.9 Å². The maximum absolute atomic E-state index is 13.9. The minimum Gasteiger partial charge on any atom is -0.426 e. The van der Waals surface area contributed by atoms with E-state index in [2.05, 4.69) is 40.8 Å². The number of ether oxygens (including phenoxy) is 6. The Morgan fingerprint density at radius 3 is 2.26 bits per heavy atom. The van der Waals surface area contributed by atoms with Gasteiger partial charge in [-0.25, -0.2) is 4.79 Å². The lowest BCUT2D eigenvalue weighted by atomic mass is 9.48. The number of carbonyl (C=O) groups excluding carboxylic acids is 2. The first-order valence-electron chi connectivity index (χ1n) is 16.9. The summed E-state index contributed by atoms with van der Waals surface area (Å²) in [6.45, 7) is 19.8. The predicted molar refractivity (Wildman–Crippen MR) is 176 cm³/mol. The number of methoxy groups -OCH3 is 2. The summed E-state index contributed by atoms with van der Waals surface area (Å²) >= 11 is 0. The van der Waals surface area contributed by atoms with Crippen LogP contribution >= 0.6 is 0 Å². The molecule has 0 N–H and O–H groups in total. The van der Waals surface area contributed by atoms with Crippen molar-refractivity contribution in [2.24, 2.45) is 22.7 Å². The van der Waals surface area contributed by atoms with Crippen molar-refractivity contribution < 1.29 is 42.4 Å². The summed E-state index contributed by atoms with van der Waals surface area (Å²) in [5.74, 6) is -0.561. The summed E-state index contributed by atoms with van der Waals surface area (Å²) in [5, 5.41) is -0.0534. The lowest BCUT2D eigenvalue weighted by Gasteiger charge is -2.67. The van der Waals surface area contributed by atoms with Crippen LogP contribution in [0.4, 0.5) is 4.79 Å². The molecule has 2 saturated heterocycles. The molecule has 2 aliphatic carbocycles. The van der Waals surface area contributed by atoms with Crippen LogP contribution in [0.15, 0.2) is 30.3 Å². The molecule has 0 radical (unpaired) electrons. The number of cyclic esters (lactones) is 1. The molecule has 1 aromatic rings. The topological polar surface area (TPSA) is 98.8 Å². The van der Waals surface area contributed by atoms with Crippen LogP contribution in [0.1, 0.15) is 79.7 Å². The van der Waals surface area contributed by atoms with Gasteiger partial charge in [0.05, 0.1) is 30.8 Å². The molecular weight excluding hydrogens is 604 g/mol. The Morgan fingerprint density at radius 1 is 1.04 bits per heavy atom. The van der Waals surface area contributed by atoms with Gasteiger partial charge >= 0.3 is 6.16 Å². The normalized spacial score (nSPS) is 37.5. The van der Waals surface area contributed by atoms with Gasteiger partial charge in [-0.3, -0.25) is 4.79 Å². The van der Waals surface area contributed by atoms with Crippen molar-refractivity contribution in [2.75, 3.05) is 20.8 Å². The SMILES string of the molecule is COC(C[C@]1(C)[C@@H](O[Si](C)(C)C(C)(C)C)C[C@H]2OC[C@@]2(OCc2ccccc2)[C@H]1[C@@H]1OC(=O)O[C@]12CCC(C)C(=O)C2(C)C)OC. The second kappa shape index (κ2) is 12.3. The Bertz CT molecular complexity index is 1270. The molecule has 4 fully saturated rings. The van der Waals surface area contributed by atoms with Crippen LogP contribution in [0.3, 0.4) is 0 Å². The van der Waals surface area contributed by atoms with Crippen LogP contribution in [0.2, 0.25) is 18.1 Å². The predicted octanol–water partition coefficient (Wildman–Crippen LogP) is 7.07. The maximum Gasteiger partial charge on any atom is 0.509 e. The molecular formula is C36H56O9Si. The summed E-state index contributed by atoms with van der Waals surface area (Å²) in [6, 6.07) is 10.1. The van der Waals surface area contributed by atoms with Crippen molar-refractivity contribution in [1.29, 1.82) is 0 Å². The highest BCUT2D eigenvalue weighted by molar-refractivity contribution is 6.74. The number of benzene rings is 1. The Kier molecular flexibility index (Phi) is 9.45. The van der Waals surface area contributed by atoms with Gasteiger partial charge in [-0.05, 0) is 50.4 Å². The molecule has 2 saturated carbocycles. The van der Waals surface area contributed by atoms with Crippen molar-refractivity contribution in [3.8, 4) is 0 Å². The molecule has 10 heteroatoms. The van der Waals surface area contributed by atoms with E-state index in [1.807, 2.05) is 51.1 Å². The zero-order chi connectivity index (χ0) is 33.9. The molecule has 46 heavy (non-hydrogen) atoms. The fourth-order valence-electron chi connectivity index (χ4n) is 8.50. The van der Waals surface area contributed by atoms with Gasteiger partial charge < -0.3 is 32.8 Å². The molecule has 0 amide bonds. The third kappa shape index (κ3) is 5.58. The third-order valence-corrected chi connectivity index (χ3v) is 17.0. The van der Waals surface area contributed by atoms with E-state index in [4.69, 9.17) is 32.8 Å². The monoisotopic (exact) mass is 660 g/mol. The minimum atomic E-state index is -2.33. The highest BCUT2D eigenvalue weighted by Gasteiger charge is 2.77. The van der Waals surface area contributed by atoms with Gasteiger partial charge in [0.15, 0.2) is 26.3 Å². The van der Waals surface area contributed by atoms with Crippen LogP contribution < -0.4 is 0 Å². The summed E-state index contributed by atoms with van der Waals surface area (Å²) in [4.78, 5) is 27.3. The molecule has 1 spiro atoms. The second-order valence-electron chi connectivity index (χ2n) is 16.4. The Labute approximate surface area is 276 Å². The number of rotatable bonds is 10. The maximum atomic E-state index is 13.9. The summed E-state index contributed by atoms with van der Waals surface area (Å²) in [7, 11) is 0.953. The quantitative estimate of drug-likeness (QED) is 0.148. The number of hydrogen-bond acceptors (Lipinski definition) is 9. The van der Waals surface area contributed by atoms with E-state index in [0.717, 1.165) is 5.56 Å². The Morgan fingerprint density at radius 2 is 1.70 bits per heavy atom. The van der Waals surface area contributed by atoms with Crippen LogP contribution in [0.25, 0.3) is 0 Å². The molecule has 0 bridgehead atoms. The van der Waals surface area contributed by atoms with Gasteiger partial charge in [-0.2, -0.15) is 0 Å².